The van der Waals surface area contributed by atoms with Gasteiger partial charge < -0.3 is 4.98 Å². The molecule has 0 aliphatic rings. The van der Waals surface area contributed by atoms with Gasteiger partial charge in [0.15, 0.2) is 0 Å². The summed E-state index contributed by atoms with van der Waals surface area (Å²) in [6.07, 6.45) is 3.15. The van der Waals surface area contributed by atoms with Crippen LogP contribution in [0, 0.1) is 10.1 Å². The first-order chi connectivity index (χ1) is 8.09. The topological polar surface area (TPSA) is 80.9 Å². The van der Waals surface area contributed by atoms with Crippen molar-refractivity contribution in [1.29, 1.82) is 0 Å². The lowest BCUT2D eigenvalue weighted by Crippen LogP contribution is -2.20. The van der Waals surface area contributed by atoms with Gasteiger partial charge in [0.1, 0.15) is 0 Å². The highest BCUT2D eigenvalue weighted by molar-refractivity contribution is 5.35. The zero-order valence-electron chi connectivity index (χ0n) is 9.16. The number of nitro benzene ring substituents is 1. The van der Waals surface area contributed by atoms with Crippen molar-refractivity contribution in [2.24, 2.45) is 0 Å². The van der Waals surface area contributed by atoms with Crippen molar-refractivity contribution in [1.82, 2.24) is 9.55 Å². The minimum atomic E-state index is -0.448. The van der Waals surface area contributed by atoms with Gasteiger partial charge in [-0.25, -0.2) is 4.79 Å². The minimum Gasteiger partial charge on any atom is -0.313 e. The molecule has 0 fully saturated rings. The van der Waals surface area contributed by atoms with Crippen LogP contribution in [0.4, 0.5) is 5.69 Å². The third kappa shape index (κ3) is 2.10. The zero-order chi connectivity index (χ0) is 12.4. The Morgan fingerprint density at radius 2 is 2.24 bits per heavy atom. The summed E-state index contributed by atoms with van der Waals surface area (Å²) in [6, 6.07) is 6.03. The van der Waals surface area contributed by atoms with Crippen LogP contribution in [0.15, 0.2) is 41.5 Å². The van der Waals surface area contributed by atoms with E-state index in [1.54, 1.807) is 18.3 Å². The van der Waals surface area contributed by atoms with Crippen LogP contribution in [0.25, 0.3) is 0 Å². The van der Waals surface area contributed by atoms with E-state index in [9.17, 15) is 14.9 Å². The Balaban J connectivity index is 2.41. The van der Waals surface area contributed by atoms with Crippen molar-refractivity contribution < 1.29 is 4.92 Å². The standard InChI is InChI=1S/C11H11N3O3/c1-8(13-6-5-12-11(13)15)9-3-2-4-10(7-9)14(16)17/h2-8H,1H3,(H,12,15)/t8-/m1/s1. The molecule has 0 aliphatic heterocycles. The summed E-state index contributed by atoms with van der Waals surface area (Å²) in [5.74, 6) is 0. The van der Waals surface area contributed by atoms with Gasteiger partial charge in [0.2, 0.25) is 0 Å². The Morgan fingerprint density at radius 3 is 2.82 bits per heavy atom. The number of H-pyrrole nitrogens is 1. The molecule has 2 aromatic rings. The van der Waals surface area contributed by atoms with Crippen LogP contribution in [-0.2, 0) is 0 Å². The number of imidazole rings is 1. The predicted molar refractivity (Wildman–Crippen MR) is 62.0 cm³/mol. The first kappa shape index (κ1) is 11.1. The van der Waals surface area contributed by atoms with Crippen LogP contribution in [0.2, 0.25) is 0 Å². The monoisotopic (exact) mass is 233 g/mol. The van der Waals surface area contributed by atoms with Gasteiger partial charge in [0, 0.05) is 24.5 Å². The normalized spacial score (nSPS) is 12.3. The van der Waals surface area contributed by atoms with Gasteiger partial charge in [-0.1, -0.05) is 12.1 Å². The van der Waals surface area contributed by atoms with E-state index in [0.29, 0.717) is 0 Å². The number of benzene rings is 1. The molecule has 0 radical (unpaired) electrons. The summed E-state index contributed by atoms with van der Waals surface area (Å²) < 4.78 is 1.49. The quantitative estimate of drug-likeness (QED) is 0.647. The summed E-state index contributed by atoms with van der Waals surface area (Å²) in [7, 11) is 0. The van der Waals surface area contributed by atoms with E-state index in [1.165, 1.54) is 22.9 Å². The molecular formula is C11H11N3O3. The molecule has 1 aromatic carbocycles. The average molecular weight is 233 g/mol. The smallest absolute Gasteiger partial charge is 0.313 e. The summed E-state index contributed by atoms with van der Waals surface area (Å²) in [4.78, 5) is 24.2. The van der Waals surface area contributed by atoms with E-state index in [2.05, 4.69) is 4.98 Å². The van der Waals surface area contributed by atoms with Crippen LogP contribution < -0.4 is 5.69 Å². The highest BCUT2D eigenvalue weighted by Gasteiger charge is 2.13. The average Bonchev–Trinajstić information content (AvgIpc) is 2.74. The second-order valence-corrected chi connectivity index (χ2v) is 3.70. The summed E-state index contributed by atoms with van der Waals surface area (Å²) >= 11 is 0. The summed E-state index contributed by atoms with van der Waals surface area (Å²) in [6.45, 7) is 1.81. The van der Waals surface area contributed by atoms with E-state index in [1.807, 2.05) is 6.92 Å². The number of hydrogen-bond donors (Lipinski definition) is 1. The van der Waals surface area contributed by atoms with Gasteiger partial charge in [-0.15, -0.1) is 0 Å². The van der Waals surface area contributed by atoms with Gasteiger partial charge in [0.05, 0.1) is 11.0 Å². The number of rotatable bonds is 3. The molecule has 6 nitrogen and oxygen atoms in total. The van der Waals surface area contributed by atoms with Gasteiger partial charge in [-0.05, 0) is 12.5 Å². The van der Waals surface area contributed by atoms with E-state index in [4.69, 9.17) is 0 Å². The van der Waals surface area contributed by atoms with Crippen LogP contribution in [0.3, 0.4) is 0 Å². The van der Waals surface area contributed by atoms with Gasteiger partial charge in [-0.3, -0.25) is 14.7 Å². The number of nitro groups is 1. The zero-order valence-corrected chi connectivity index (χ0v) is 9.16. The third-order valence-corrected chi connectivity index (χ3v) is 2.66. The molecule has 0 amide bonds. The third-order valence-electron chi connectivity index (χ3n) is 2.66. The molecule has 1 heterocycles. The van der Waals surface area contributed by atoms with E-state index in [0.717, 1.165) is 5.56 Å². The van der Waals surface area contributed by atoms with Crippen molar-refractivity contribution in [3.8, 4) is 0 Å². The van der Waals surface area contributed by atoms with Crippen LogP contribution in [-0.4, -0.2) is 14.5 Å². The lowest BCUT2D eigenvalue weighted by molar-refractivity contribution is -0.384. The number of nitrogens with one attached hydrogen (secondary N) is 1. The second kappa shape index (κ2) is 4.25. The summed E-state index contributed by atoms with van der Waals surface area (Å²) in [5, 5.41) is 10.7. The molecule has 6 heteroatoms. The minimum absolute atomic E-state index is 0.0259. The highest BCUT2D eigenvalue weighted by Crippen LogP contribution is 2.20. The molecule has 0 bridgehead atoms. The Labute approximate surface area is 96.7 Å². The maximum Gasteiger partial charge on any atom is 0.326 e. The number of nitrogens with zero attached hydrogens (tertiary/aromatic N) is 2. The number of hydrogen-bond acceptors (Lipinski definition) is 3. The van der Waals surface area contributed by atoms with Crippen molar-refractivity contribution >= 4 is 5.69 Å². The maximum absolute atomic E-state index is 11.4. The fourth-order valence-corrected chi connectivity index (χ4v) is 1.69. The first-order valence-corrected chi connectivity index (χ1v) is 5.09. The molecule has 88 valence electrons. The van der Waals surface area contributed by atoms with Crippen LogP contribution in [0.1, 0.15) is 18.5 Å². The molecule has 0 saturated heterocycles. The fraction of sp³-hybridized carbons (Fsp3) is 0.182. The largest absolute Gasteiger partial charge is 0.326 e. The van der Waals surface area contributed by atoms with Gasteiger partial charge in [0.25, 0.3) is 5.69 Å². The molecule has 2 rings (SSSR count). The predicted octanol–water partition coefficient (Wildman–Crippen LogP) is 1.69. The first-order valence-electron chi connectivity index (χ1n) is 5.09. The lowest BCUT2D eigenvalue weighted by atomic mass is 10.1. The fourth-order valence-electron chi connectivity index (χ4n) is 1.69. The van der Waals surface area contributed by atoms with E-state index >= 15 is 0 Å². The van der Waals surface area contributed by atoms with Crippen molar-refractivity contribution in [3.05, 3.63) is 62.8 Å². The number of aromatic nitrogens is 2. The van der Waals surface area contributed by atoms with E-state index < -0.39 is 4.92 Å². The number of non-ortho nitro benzene ring substituents is 1. The molecule has 0 unspecified atom stereocenters. The Morgan fingerprint density at radius 1 is 1.47 bits per heavy atom. The molecule has 0 spiro atoms. The highest BCUT2D eigenvalue weighted by atomic mass is 16.6. The number of aromatic amines is 1. The molecule has 17 heavy (non-hydrogen) atoms. The molecule has 1 atom stereocenters. The van der Waals surface area contributed by atoms with Crippen LogP contribution >= 0.6 is 0 Å². The van der Waals surface area contributed by atoms with Crippen molar-refractivity contribution in [3.63, 3.8) is 0 Å². The Kier molecular flexibility index (Phi) is 2.78. The molecule has 1 N–H and O–H groups in total. The molecule has 0 aliphatic carbocycles. The Hall–Kier alpha value is -2.37. The maximum atomic E-state index is 11.4. The van der Waals surface area contributed by atoms with Gasteiger partial charge >= 0.3 is 5.69 Å². The molecule has 0 saturated carbocycles. The van der Waals surface area contributed by atoms with Crippen molar-refractivity contribution in [2.45, 2.75) is 13.0 Å². The van der Waals surface area contributed by atoms with E-state index in [-0.39, 0.29) is 17.4 Å². The van der Waals surface area contributed by atoms with Crippen molar-refractivity contribution in [2.75, 3.05) is 0 Å². The summed E-state index contributed by atoms with van der Waals surface area (Å²) in [5.41, 5.74) is 0.517. The Bertz CT molecular complexity index is 600. The lowest BCUT2D eigenvalue weighted by Gasteiger charge is -2.11. The molecular weight excluding hydrogens is 222 g/mol. The van der Waals surface area contributed by atoms with Crippen LogP contribution in [0.5, 0.6) is 0 Å². The SMILES string of the molecule is C[C@H](c1cccc([N+](=O)[O-])c1)n1cc[nH]c1=O. The second-order valence-electron chi connectivity index (χ2n) is 3.70. The molecule has 1 aromatic heterocycles. The van der Waals surface area contributed by atoms with Gasteiger partial charge in [-0.2, -0.15) is 0 Å².